The first kappa shape index (κ1) is 27.1. The average molecular weight is 609 g/mol. The van der Waals surface area contributed by atoms with E-state index in [1.165, 1.54) is 50.3 Å². The van der Waals surface area contributed by atoms with E-state index in [1.807, 2.05) is 5.38 Å². The van der Waals surface area contributed by atoms with Crippen LogP contribution in [0.15, 0.2) is 39.4 Å². The number of aromatic nitrogens is 5. The van der Waals surface area contributed by atoms with Crippen molar-refractivity contribution in [3.8, 4) is 16.8 Å². The molecular formula is C22H21BrN6O6S2. The Labute approximate surface area is 228 Å². The highest BCUT2D eigenvalue weighted by Gasteiger charge is 2.50. The zero-order valence-corrected chi connectivity index (χ0v) is 23.0. The Balaban J connectivity index is 1.76. The summed E-state index contributed by atoms with van der Waals surface area (Å²) in [4.78, 5) is 32.7. The Kier molecular flexibility index (Phi) is 8.87. The summed E-state index contributed by atoms with van der Waals surface area (Å²) < 4.78 is 25.3. The topological polar surface area (TPSA) is 151 Å². The summed E-state index contributed by atoms with van der Waals surface area (Å²) in [5.41, 5.74) is -0.00615. The summed E-state index contributed by atoms with van der Waals surface area (Å²) in [6, 6.07) is 3.09. The molecule has 0 spiro atoms. The van der Waals surface area contributed by atoms with Gasteiger partial charge >= 0.3 is 11.9 Å². The first-order valence-corrected chi connectivity index (χ1v) is 13.4. The van der Waals surface area contributed by atoms with Crippen LogP contribution < -0.4 is 0 Å². The maximum absolute atomic E-state index is 12.1. The van der Waals surface area contributed by atoms with Crippen molar-refractivity contribution in [2.45, 2.75) is 48.5 Å². The Morgan fingerprint density at radius 1 is 1.30 bits per heavy atom. The summed E-state index contributed by atoms with van der Waals surface area (Å²) in [5, 5.41) is 20.6. The second kappa shape index (κ2) is 12.1. The fourth-order valence-corrected chi connectivity index (χ4v) is 6.13. The first-order chi connectivity index (χ1) is 17.8. The van der Waals surface area contributed by atoms with Crippen molar-refractivity contribution in [2.75, 3.05) is 13.7 Å². The normalized spacial score (nSPS) is 23.3. The van der Waals surface area contributed by atoms with E-state index in [9.17, 15) is 14.9 Å². The highest BCUT2D eigenvalue weighted by Crippen LogP contribution is 2.42. The number of rotatable bonds is 8. The molecule has 3 aromatic rings. The van der Waals surface area contributed by atoms with Crippen molar-refractivity contribution < 1.29 is 28.5 Å². The van der Waals surface area contributed by atoms with Gasteiger partial charge in [0.15, 0.2) is 11.8 Å². The van der Waals surface area contributed by atoms with Crippen molar-refractivity contribution >= 4 is 51.0 Å². The fraction of sp³-hybridized carbons (Fsp3) is 0.409. The summed E-state index contributed by atoms with van der Waals surface area (Å²) in [5.74, 6) is -1.08. The van der Waals surface area contributed by atoms with Gasteiger partial charge in [-0.2, -0.15) is 5.26 Å². The number of nitriles is 1. The van der Waals surface area contributed by atoms with Crippen LogP contribution >= 0.6 is 39.0 Å². The number of thioether (sulfide) groups is 1. The van der Waals surface area contributed by atoms with Gasteiger partial charge in [-0.05, 0) is 22.0 Å². The molecule has 0 aliphatic carbocycles. The molecule has 1 saturated heterocycles. The molecule has 1 fully saturated rings. The third-order valence-corrected chi connectivity index (χ3v) is 7.68. The molecule has 0 amide bonds. The Morgan fingerprint density at radius 3 is 2.76 bits per heavy atom. The van der Waals surface area contributed by atoms with Gasteiger partial charge in [0.05, 0.1) is 6.20 Å². The lowest BCUT2D eigenvalue weighted by Gasteiger charge is -2.44. The number of hydrogen-bond donors (Lipinski definition) is 0. The number of nitrogens with zero attached hydrogens (tertiary/aromatic N) is 6. The van der Waals surface area contributed by atoms with Crippen molar-refractivity contribution in [1.29, 1.82) is 5.26 Å². The van der Waals surface area contributed by atoms with Crippen molar-refractivity contribution in [3.05, 3.63) is 40.2 Å². The fourth-order valence-electron chi connectivity index (χ4n) is 3.80. The number of pyridine rings is 1. The van der Waals surface area contributed by atoms with Gasteiger partial charge < -0.3 is 18.9 Å². The predicted octanol–water partition coefficient (Wildman–Crippen LogP) is 3.00. The molecule has 0 radical (unpaired) electrons. The van der Waals surface area contributed by atoms with Crippen LogP contribution in [0.4, 0.5) is 0 Å². The van der Waals surface area contributed by atoms with E-state index in [0.29, 0.717) is 20.1 Å². The first-order valence-electron chi connectivity index (χ1n) is 10.8. The highest BCUT2D eigenvalue weighted by molar-refractivity contribution is 9.10. The zero-order valence-electron chi connectivity index (χ0n) is 19.8. The molecular weight excluding hydrogens is 588 g/mol. The molecule has 4 rings (SSSR count). The lowest BCUT2D eigenvalue weighted by atomic mass is 9.96. The summed E-state index contributed by atoms with van der Waals surface area (Å²) >= 11 is 5.99. The molecule has 0 saturated carbocycles. The molecule has 37 heavy (non-hydrogen) atoms. The molecule has 12 nitrogen and oxygen atoms in total. The minimum Gasteiger partial charge on any atom is -0.463 e. The van der Waals surface area contributed by atoms with E-state index in [2.05, 4.69) is 42.3 Å². The van der Waals surface area contributed by atoms with Crippen LogP contribution in [0.2, 0.25) is 0 Å². The van der Waals surface area contributed by atoms with E-state index in [-0.39, 0.29) is 12.3 Å². The zero-order chi connectivity index (χ0) is 26.5. The van der Waals surface area contributed by atoms with Gasteiger partial charge in [-0.25, -0.2) is 14.6 Å². The largest absolute Gasteiger partial charge is 0.463 e. The van der Waals surface area contributed by atoms with Crippen LogP contribution in [0, 0.1) is 11.3 Å². The van der Waals surface area contributed by atoms with Gasteiger partial charge in [0.1, 0.15) is 47.1 Å². The van der Waals surface area contributed by atoms with Gasteiger partial charge in [0.2, 0.25) is 0 Å². The SMILES string of the molecule is CO[C@@H]1[C@@H](n2cc(-c3nccs3)nn2)[C@@H](OC(C)=O)[C@@H](COC(C)=O)O[C@@H]1Sc1cc(Br)cnc1C#N. The molecule has 3 aromatic heterocycles. The second-order valence-corrected chi connectivity index (χ2v) is 10.7. The van der Waals surface area contributed by atoms with E-state index in [1.54, 1.807) is 23.1 Å². The minimum absolute atomic E-state index is 0.187. The number of esters is 2. The van der Waals surface area contributed by atoms with Crippen molar-refractivity contribution in [1.82, 2.24) is 25.0 Å². The number of carbonyl (C=O) groups is 2. The standard InChI is InChI=1S/C22H21BrN6O6S2/c1-11(30)33-10-16-19(34-12(2)31)18(29-9-15(27-28-29)21-25-4-5-36-21)20(32-3)22(35-16)37-17-6-13(23)8-26-14(17)7-24/h4-6,8-9,16,18-20,22H,10H2,1-3H3/t16-,18+,19+,20-,22-/m1/s1. The quantitative estimate of drug-likeness (QED) is 0.345. The van der Waals surface area contributed by atoms with Gasteiger partial charge in [-0.3, -0.25) is 9.59 Å². The second-order valence-electron chi connectivity index (χ2n) is 7.76. The van der Waals surface area contributed by atoms with E-state index < -0.39 is 41.7 Å². The molecule has 194 valence electrons. The van der Waals surface area contributed by atoms with Crippen LogP contribution in [-0.2, 0) is 28.5 Å². The number of ether oxygens (including phenoxy) is 4. The van der Waals surface area contributed by atoms with Gasteiger partial charge in [0.25, 0.3) is 0 Å². The summed E-state index contributed by atoms with van der Waals surface area (Å²) in [7, 11) is 1.49. The summed E-state index contributed by atoms with van der Waals surface area (Å²) in [6.45, 7) is 2.36. The van der Waals surface area contributed by atoms with Gasteiger partial charge in [-0.1, -0.05) is 17.0 Å². The van der Waals surface area contributed by atoms with Gasteiger partial charge in [0, 0.05) is 48.1 Å². The number of thiazole rings is 1. The van der Waals surface area contributed by atoms with Gasteiger partial charge in [-0.15, -0.1) is 16.4 Å². The Bertz CT molecular complexity index is 1300. The highest BCUT2D eigenvalue weighted by atomic mass is 79.9. The van der Waals surface area contributed by atoms with E-state index >= 15 is 0 Å². The monoisotopic (exact) mass is 608 g/mol. The predicted molar refractivity (Wildman–Crippen MR) is 134 cm³/mol. The van der Waals surface area contributed by atoms with Crippen LogP contribution in [0.5, 0.6) is 0 Å². The molecule has 1 aliphatic rings. The smallest absolute Gasteiger partial charge is 0.303 e. The maximum Gasteiger partial charge on any atom is 0.303 e. The van der Waals surface area contributed by atoms with E-state index in [4.69, 9.17) is 18.9 Å². The molecule has 0 N–H and O–H groups in total. The maximum atomic E-state index is 12.1. The number of halogens is 1. The van der Waals surface area contributed by atoms with Crippen LogP contribution in [0.1, 0.15) is 25.6 Å². The molecule has 1 aliphatic heterocycles. The Morgan fingerprint density at radius 2 is 2.11 bits per heavy atom. The lowest BCUT2D eigenvalue weighted by molar-refractivity contribution is -0.208. The molecule has 0 bridgehead atoms. The molecule has 5 atom stereocenters. The molecule has 15 heteroatoms. The lowest BCUT2D eigenvalue weighted by Crippen LogP contribution is -2.57. The Hall–Kier alpha value is -2.90. The third kappa shape index (κ3) is 6.33. The number of hydrogen-bond acceptors (Lipinski definition) is 13. The number of methoxy groups -OCH3 is 1. The van der Waals surface area contributed by atoms with Crippen LogP contribution in [0.3, 0.4) is 0 Å². The molecule has 0 unspecified atom stereocenters. The average Bonchev–Trinajstić information content (AvgIpc) is 3.55. The summed E-state index contributed by atoms with van der Waals surface area (Å²) in [6.07, 6.45) is 2.31. The third-order valence-electron chi connectivity index (χ3n) is 5.28. The minimum atomic E-state index is -0.944. The van der Waals surface area contributed by atoms with Crippen LogP contribution in [0.25, 0.3) is 10.7 Å². The van der Waals surface area contributed by atoms with Crippen molar-refractivity contribution in [3.63, 3.8) is 0 Å². The molecule has 0 aromatic carbocycles. The molecule has 4 heterocycles. The van der Waals surface area contributed by atoms with Crippen molar-refractivity contribution in [2.24, 2.45) is 0 Å². The number of carbonyl (C=O) groups excluding carboxylic acids is 2. The van der Waals surface area contributed by atoms with Crippen LogP contribution in [-0.4, -0.2) is 74.4 Å². The van der Waals surface area contributed by atoms with E-state index in [0.717, 1.165) is 0 Å².